The molecule has 0 aromatic carbocycles. The number of rotatable bonds is 2. The zero-order valence-electron chi connectivity index (χ0n) is 10.1. The van der Waals surface area contributed by atoms with Crippen molar-refractivity contribution >= 4 is 0 Å². The van der Waals surface area contributed by atoms with Crippen molar-refractivity contribution in [3.05, 3.63) is 33.7 Å². The first-order valence-corrected chi connectivity index (χ1v) is 6.03. The molecule has 1 heterocycles. The first kappa shape index (κ1) is 11.4. The van der Waals surface area contributed by atoms with Gasteiger partial charge >= 0.3 is 0 Å². The number of aromatic nitrogens is 1. The predicted molar refractivity (Wildman–Crippen MR) is 65.6 cm³/mol. The molecule has 0 aliphatic heterocycles. The Labute approximate surface area is 96.3 Å². The van der Waals surface area contributed by atoms with Gasteiger partial charge in [0.1, 0.15) is 0 Å². The van der Waals surface area contributed by atoms with Gasteiger partial charge in [-0.05, 0) is 39.2 Å². The van der Waals surface area contributed by atoms with Crippen LogP contribution in [0.15, 0.2) is 16.9 Å². The highest BCUT2D eigenvalue weighted by Crippen LogP contribution is 2.36. The highest BCUT2D eigenvalue weighted by molar-refractivity contribution is 5.14. The van der Waals surface area contributed by atoms with Crippen LogP contribution in [0, 0.1) is 19.8 Å². The van der Waals surface area contributed by atoms with Crippen LogP contribution in [0.3, 0.4) is 0 Å². The average Bonchev–Trinajstić information content (AvgIpc) is 2.64. The molecule has 1 aromatic heterocycles. The highest BCUT2D eigenvalue weighted by atomic mass is 16.1. The Kier molecular flexibility index (Phi) is 3.15. The Hall–Kier alpha value is -1.09. The van der Waals surface area contributed by atoms with Gasteiger partial charge in [0.15, 0.2) is 5.43 Å². The number of pyridine rings is 1. The maximum Gasteiger partial charge on any atom is 0.182 e. The van der Waals surface area contributed by atoms with Gasteiger partial charge < -0.3 is 10.3 Å². The Bertz CT molecular complexity index is 410. The maximum absolute atomic E-state index is 11.4. The lowest BCUT2D eigenvalue weighted by molar-refractivity contribution is 0.374. The fraction of sp³-hybridized carbons (Fsp3) is 0.615. The lowest BCUT2D eigenvalue weighted by Crippen LogP contribution is -2.25. The molecule has 0 saturated heterocycles. The van der Waals surface area contributed by atoms with Crippen molar-refractivity contribution in [3.8, 4) is 0 Å². The molecule has 1 fully saturated rings. The van der Waals surface area contributed by atoms with E-state index in [1.807, 2.05) is 13.8 Å². The van der Waals surface area contributed by atoms with Crippen molar-refractivity contribution < 1.29 is 0 Å². The lowest BCUT2D eigenvalue weighted by Gasteiger charge is -2.26. The number of aryl methyl sites for hydroxylation is 2. The number of nitrogens with zero attached hydrogens (tertiary/aromatic N) is 1. The summed E-state index contributed by atoms with van der Waals surface area (Å²) >= 11 is 0. The molecule has 2 rings (SSSR count). The van der Waals surface area contributed by atoms with Crippen LogP contribution in [0.1, 0.15) is 36.7 Å². The van der Waals surface area contributed by atoms with E-state index in [1.165, 1.54) is 19.3 Å². The van der Waals surface area contributed by atoms with Gasteiger partial charge in [0.2, 0.25) is 0 Å². The van der Waals surface area contributed by atoms with Crippen molar-refractivity contribution in [2.45, 2.75) is 39.2 Å². The first-order chi connectivity index (χ1) is 7.63. The SMILES string of the molecule is Cc1cc(=O)cc(C)n1C1CCCC1CN. The van der Waals surface area contributed by atoms with Crippen molar-refractivity contribution in [3.63, 3.8) is 0 Å². The van der Waals surface area contributed by atoms with E-state index in [4.69, 9.17) is 5.73 Å². The van der Waals surface area contributed by atoms with Gasteiger partial charge in [0.05, 0.1) is 0 Å². The standard InChI is InChI=1S/C13H20N2O/c1-9-6-12(16)7-10(2)15(9)13-5-3-4-11(13)8-14/h6-7,11,13H,3-5,8,14H2,1-2H3. The molecule has 2 unspecified atom stereocenters. The van der Waals surface area contributed by atoms with E-state index >= 15 is 0 Å². The molecule has 0 amide bonds. The predicted octanol–water partition coefficient (Wildman–Crippen LogP) is 1.77. The fourth-order valence-electron chi connectivity index (χ4n) is 3.03. The van der Waals surface area contributed by atoms with Gasteiger partial charge in [-0.25, -0.2) is 0 Å². The fourth-order valence-corrected chi connectivity index (χ4v) is 3.03. The molecule has 3 heteroatoms. The Balaban J connectivity index is 2.43. The molecule has 3 nitrogen and oxygen atoms in total. The minimum absolute atomic E-state index is 0.105. The van der Waals surface area contributed by atoms with Crippen molar-refractivity contribution in [1.29, 1.82) is 0 Å². The highest BCUT2D eigenvalue weighted by Gasteiger charge is 2.28. The second-order valence-corrected chi connectivity index (χ2v) is 4.84. The third kappa shape index (κ3) is 1.92. The molecule has 2 atom stereocenters. The Morgan fingerprint density at radius 1 is 1.31 bits per heavy atom. The lowest BCUT2D eigenvalue weighted by atomic mass is 10.0. The molecular formula is C13H20N2O. The van der Waals surface area contributed by atoms with Gasteiger partial charge in [0.25, 0.3) is 0 Å². The molecule has 0 bridgehead atoms. The summed E-state index contributed by atoms with van der Waals surface area (Å²) in [6.45, 7) is 4.77. The summed E-state index contributed by atoms with van der Waals surface area (Å²) in [7, 11) is 0. The van der Waals surface area contributed by atoms with Crippen LogP contribution < -0.4 is 11.2 Å². The molecular weight excluding hydrogens is 200 g/mol. The second-order valence-electron chi connectivity index (χ2n) is 4.84. The third-order valence-corrected chi connectivity index (χ3v) is 3.72. The van der Waals surface area contributed by atoms with E-state index in [-0.39, 0.29) is 5.43 Å². The zero-order valence-corrected chi connectivity index (χ0v) is 10.1. The molecule has 16 heavy (non-hydrogen) atoms. The van der Waals surface area contributed by atoms with Gasteiger partial charge in [-0.3, -0.25) is 4.79 Å². The monoisotopic (exact) mass is 220 g/mol. The van der Waals surface area contributed by atoms with Crippen molar-refractivity contribution in [2.24, 2.45) is 11.7 Å². The molecule has 0 radical (unpaired) electrons. The first-order valence-electron chi connectivity index (χ1n) is 6.03. The minimum Gasteiger partial charge on any atom is -0.346 e. The third-order valence-electron chi connectivity index (χ3n) is 3.72. The molecule has 1 aromatic rings. The smallest absolute Gasteiger partial charge is 0.182 e. The van der Waals surface area contributed by atoms with Crippen LogP contribution >= 0.6 is 0 Å². The molecule has 1 saturated carbocycles. The average molecular weight is 220 g/mol. The molecule has 1 aliphatic carbocycles. The summed E-state index contributed by atoms with van der Waals surface area (Å²) in [6.07, 6.45) is 3.65. The van der Waals surface area contributed by atoms with E-state index < -0.39 is 0 Å². The number of hydrogen-bond donors (Lipinski definition) is 1. The van der Waals surface area contributed by atoms with Crippen molar-refractivity contribution in [1.82, 2.24) is 4.57 Å². The quantitative estimate of drug-likeness (QED) is 0.825. The van der Waals surface area contributed by atoms with E-state index in [2.05, 4.69) is 4.57 Å². The van der Waals surface area contributed by atoms with E-state index in [9.17, 15) is 4.79 Å². The van der Waals surface area contributed by atoms with Crippen molar-refractivity contribution in [2.75, 3.05) is 6.54 Å². The molecule has 1 aliphatic rings. The van der Waals surface area contributed by atoms with Gasteiger partial charge in [-0.2, -0.15) is 0 Å². The maximum atomic E-state index is 11.4. The molecule has 2 N–H and O–H groups in total. The van der Waals surface area contributed by atoms with Gasteiger partial charge in [-0.15, -0.1) is 0 Å². The van der Waals surface area contributed by atoms with E-state index in [1.54, 1.807) is 12.1 Å². The zero-order chi connectivity index (χ0) is 11.7. The molecule has 88 valence electrons. The normalized spacial score (nSPS) is 24.9. The summed E-state index contributed by atoms with van der Waals surface area (Å²) in [5.41, 5.74) is 8.05. The van der Waals surface area contributed by atoms with Crippen LogP contribution in [0.5, 0.6) is 0 Å². The number of hydrogen-bond acceptors (Lipinski definition) is 2. The van der Waals surface area contributed by atoms with Crippen LogP contribution in [-0.2, 0) is 0 Å². The Morgan fingerprint density at radius 3 is 2.50 bits per heavy atom. The van der Waals surface area contributed by atoms with Gasteiger partial charge in [0, 0.05) is 29.6 Å². The molecule has 0 spiro atoms. The summed E-state index contributed by atoms with van der Waals surface area (Å²) in [6, 6.07) is 3.93. The second kappa shape index (κ2) is 4.42. The summed E-state index contributed by atoms with van der Waals surface area (Å²) in [5.74, 6) is 0.569. The minimum atomic E-state index is 0.105. The van der Waals surface area contributed by atoms with E-state index in [0.29, 0.717) is 12.0 Å². The topological polar surface area (TPSA) is 48.0 Å². The van der Waals surface area contributed by atoms with E-state index in [0.717, 1.165) is 17.9 Å². The summed E-state index contributed by atoms with van der Waals surface area (Å²) < 4.78 is 2.30. The Morgan fingerprint density at radius 2 is 1.94 bits per heavy atom. The number of nitrogens with two attached hydrogens (primary N) is 1. The summed E-state index contributed by atoms with van der Waals surface area (Å²) in [5, 5.41) is 0. The largest absolute Gasteiger partial charge is 0.346 e. The van der Waals surface area contributed by atoms with Gasteiger partial charge in [-0.1, -0.05) is 6.42 Å². The van der Waals surface area contributed by atoms with Crippen LogP contribution in [0.4, 0.5) is 0 Å². The van der Waals surface area contributed by atoms with Crippen LogP contribution in [0.2, 0.25) is 0 Å². The van der Waals surface area contributed by atoms with Crippen LogP contribution in [0.25, 0.3) is 0 Å². The van der Waals surface area contributed by atoms with Crippen LogP contribution in [-0.4, -0.2) is 11.1 Å². The summed E-state index contributed by atoms with van der Waals surface area (Å²) in [4.78, 5) is 11.4.